The molecule has 1 aliphatic carbocycles. The third-order valence-corrected chi connectivity index (χ3v) is 7.52. The zero-order valence-electron chi connectivity index (χ0n) is 24.1. The van der Waals surface area contributed by atoms with Crippen LogP contribution in [0.2, 0.25) is 0 Å². The highest BCUT2D eigenvalue weighted by atomic mass is 16.6. The zero-order chi connectivity index (χ0) is 29.4. The molecule has 2 aliphatic rings. The quantitative estimate of drug-likeness (QED) is 0.346. The average molecular weight is 572 g/mol. The monoisotopic (exact) mass is 571 g/mol. The predicted octanol–water partition coefficient (Wildman–Crippen LogP) is 4.25. The Morgan fingerprint density at radius 1 is 1.05 bits per heavy atom. The number of carbonyl (C=O) groups excluding carboxylic acids is 1. The normalized spacial score (nSPS) is 16.0. The van der Waals surface area contributed by atoms with Crippen molar-refractivity contribution in [1.29, 1.82) is 0 Å². The number of nitrogens with zero attached hydrogens (tertiary/aromatic N) is 5. The number of benzene rings is 1. The molecule has 42 heavy (non-hydrogen) atoms. The lowest BCUT2D eigenvalue weighted by Crippen LogP contribution is -2.47. The minimum absolute atomic E-state index is 0.274. The molecule has 1 amide bonds. The summed E-state index contributed by atoms with van der Waals surface area (Å²) in [4.78, 5) is 41.2. The van der Waals surface area contributed by atoms with Gasteiger partial charge in [-0.3, -0.25) is 19.2 Å². The Hall–Kier alpha value is -4.67. The molecular formula is C31H33N5O6. The van der Waals surface area contributed by atoms with Crippen LogP contribution in [0.1, 0.15) is 44.0 Å². The predicted molar refractivity (Wildman–Crippen MR) is 155 cm³/mol. The zero-order valence-corrected chi connectivity index (χ0v) is 24.1. The first-order valence-corrected chi connectivity index (χ1v) is 14.0. The highest BCUT2D eigenvalue weighted by Crippen LogP contribution is 2.31. The van der Waals surface area contributed by atoms with Gasteiger partial charge in [-0.05, 0) is 62.9 Å². The van der Waals surface area contributed by atoms with Crippen LogP contribution in [0.15, 0.2) is 53.6 Å². The minimum Gasteiger partial charge on any atom is -0.486 e. The molecular weight excluding hydrogens is 538 g/mol. The van der Waals surface area contributed by atoms with E-state index in [4.69, 9.17) is 18.9 Å². The number of carbonyl (C=O) groups is 1. The molecule has 1 atom stereocenters. The van der Waals surface area contributed by atoms with Crippen molar-refractivity contribution in [1.82, 2.24) is 24.4 Å². The maximum atomic E-state index is 13.5. The summed E-state index contributed by atoms with van der Waals surface area (Å²) in [7, 11) is 1.53. The molecule has 0 saturated heterocycles. The highest BCUT2D eigenvalue weighted by molar-refractivity contribution is 5.73. The molecule has 0 radical (unpaired) electrons. The van der Waals surface area contributed by atoms with Crippen LogP contribution in [0.25, 0.3) is 16.9 Å². The first-order valence-electron chi connectivity index (χ1n) is 14.0. The topological polar surface area (TPSA) is 118 Å². The van der Waals surface area contributed by atoms with Crippen LogP contribution in [0, 0.1) is 0 Å². The number of fused-ring (bicyclic) bond motifs is 3. The van der Waals surface area contributed by atoms with Gasteiger partial charge in [0.1, 0.15) is 24.8 Å². The van der Waals surface area contributed by atoms with Crippen LogP contribution < -0.4 is 19.8 Å². The van der Waals surface area contributed by atoms with E-state index in [1.807, 2.05) is 45.0 Å². The van der Waals surface area contributed by atoms with E-state index in [1.54, 1.807) is 27.8 Å². The number of hydrogen-bond donors (Lipinski definition) is 0. The number of amides is 1. The summed E-state index contributed by atoms with van der Waals surface area (Å²) < 4.78 is 24.1. The second-order valence-electron chi connectivity index (χ2n) is 11.4. The van der Waals surface area contributed by atoms with Crippen LogP contribution in [0.4, 0.5) is 4.79 Å². The van der Waals surface area contributed by atoms with Crippen molar-refractivity contribution < 1.29 is 23.7 Å². The van der Waals surface area contributed by atoms with Gasteiger partial charge in [0.25, 0.3) is 5.56 Å². The summed E-state index contributed by atoms with van der Waals surface area (Å²) in [6.45, 7) is 7.16. The van der Waals surface area contributed by atoms with Crippen molar-refractivity contribution in [3.8, 4) is 23.1 Å². The van der Waals surface area contributed by atoms with Crippen molar-refractivity contribution in [3.63, 3.8) is 0 Å². The van der Waals surface area contributed by atoms with Crippen molar-refractivity contribution in [2.24, 2.45) is 0 Å². The molecule has 1 aromatic carbocycles. The van der Waals surface area contributed by atoms with Gasteiger partial charge < -0.3 is 18.9 Å². The van der Waals surface area contributed by atoms with E-state index < -0.39 is 5.54 Å². The van der Waals surface area contributed by atoms with Gasteiger partial charge in [0, 0.05) is 24.1 Å². The molecule has 4 heterocycles. The summed E-state index contributed by atoms with van der Waals surface area (Å²) in [5, 5.41) is 0. The Morgan fingerprint density at radius 3 is 2.64 bits per heavy atom. The minimum atomic E-state index is -0.495. The maximum absolute atomic E-state index is 13.5. The Balaban J connectivity index is 1.19. The molecule has 3 aromatic heterocycles. The highest BCUT2D eigenvalue weighted by Gasteiger charge is 2.32. The van der Waals surface area contributed by atoms with Gasteiger partial charge in [0.15, 0.2) is 17.1 Å². The SMILES string of the molecule is COc1ccc2ncc(=O)n(-c3ccc4c(c3)CCC(OC(=O)N(Cc3cc5c(cn3)OCCO5)C(C)(C)C)C4)c2n1. The second-order valence-corrected chi connectivity index (χ2v) is 11.4. The van der Waals surface area contributed by atoms with Crippen LogP contribution in [-0.4, -0.2) is 62.5 Å². The Morgan fingerprint density at radius 2 is 1.86 bits per heavy atom. The fourth-order valence-corrected chi connectivity index (χ4v) is 5.31. The van der Waals surface area contributed by atoms with Crippen molar-refractivity contribution >= 4 is 17.3 Å². The molecule has 1 aliphatic heterocycles. The fraction of sp³-hybridized carbons (Fsp3) is 0.387. The number of hydrogen-bond acceptors (Lipinski definition) is 9. The van der Waals surface area contributed by atoms with Gasteiger partial charge in [0.05, 0.1) is 37.4 Å². The largest absolute Gasteiger partial charge is 0.486 e. The number of aromatic nitrogens is 4. The number of aryl methyl sites for hydroxylation is 1. The van der Waals surface area contributed by atoms with Crippen molar-refractivity contribution in [2.45, 2.75) is 58.2 Å². The number of pyridine rings is 2. The number of methoxy groups -OCH3 is 1. The third kappa shape index (κ3) is 5.46. The molecule has 4 aromatic rings. The van der Waals surface area contributed by atoms with E-state index in [0.717, 1.165) is 11.1 Å². The summed E-state index contributed by atoms with van der Waals surface area (Å²) in [6.07, 6.45) is 4.23. The van der Waals surface area contributed by atoms with Gasteiger partial charge in [-0.15, -0.1) is 0 Å². The van der Waals surface area contributed by atoms with Crippen LogP contribution >= 0.6 is 0 Å². The lowest BCUT2D eigenvalue weighted by molar-refractivity contribution is 0.0289. The molecule has 11 heteroatoms. The Bertz CT molecular complexity index is 1710. The van der Waals surface area contributed by atoms with Gasteiger partial charge in [-0.25, -0.2) is 9.78 Å². The maximum Gasteiger partial charge on any atom is 0.410 e. The molecule has 0 bridgehead atoms. The molecule has 6 rings (SSSR count). The van der Waals surface area contributed by atoms with Crippen molar-refractivity contribution in [3.05, 3.63) is 76.0 Å². The number of rotatable bonds is 5. The van der Waals surface area contributed by atoms with Crippen molar-refractivity contribution in [2.75, 3.05) is 20.3 Å². The lowest BCUT2D eigenvalue weighted by atomic mass is 9.89. The molecule has 0 saturated carbocycles. The standard InChI is InChI=1S/C31H33N5O6/c1-31(2,3)35(18-21-15-25-26(16-32-21)41-12-11-40-25)30(38)42-23-8-6-19-13-22(7-5-20(19)14-23)36-28(37)17-33-24-9-10-27(39-4)34-29(24)36/h5,7,9-10,13,15-17,23H,6,8,11-12,14,18H2,1-4H3. The lowest BCUT2D eigenvalue weighted by Gasteiger charge is -2.36. The van der Waals surface area contributed by atoms with Crippen LogP contribution in [0.3, 0.4) is 0 Å². The molecule has 1 unspecified atom stereocenters. The van der Waals surface area contributed by atoms with Crippen LogP contribution in [0.5, 0.6) is 17.4 Å². The third-order valence-electron chi connectivity index (χ3n) is 7.52. The van der Waals surface area contributed by atoms with E-state index in [-0.39, 0.29) is 24.3 Å². The van der Waals surface area contributed by atoms with E-state index in [1.165, 1.54) is 13.3 Å². The molecule has 0 spiro atoms. The van der Waals surface area contributed by atoms with E-state index in [2.05, 4.69) is 15.0 Å². The van der Waals surface area contributed by atoms with E-state index in [0.29, 0.717) is 72.4 Å². The summed E-state index contributed by atoms with van der Waals surface area (Å²) in [6, 6.07) is 11.2. The van der Waals surface area contributed by atoms with Gasteiger partial charge >= 0.3 is 6.09 Å². The van der Waals surface area contributed by atoms with Gasteiger partial charge in [0.2, 0.25) is 5.88 Å². The molecule has 0 fully saturated rings. The van der Waals surface area contributed by atoms with Crippen LogP contribution in [-0.2, 0) is 24.1 Å². The Kier molecular flexibility index (Phi) is 7.17. The average Bonchev–Trinajstić information content (AvgIpc) is 2.98. The van der Waals surface area contributed by atoms with Gasteiger partial charge in [-0.2, -0.15) is 4.98 Å². The van der Waals surface area contributed by atoms with E-state index in [9.17, 15) is 9.59 Å². The smallest absolute Gasteiger partial charge is 0.410 e. The fourth-order valence-electron chi connectivity index (χ4n) is 5.31. The molecule has 0 N–H and O–H groups in total. The first-order chi connectivity index (χ1) is 20.2. The molecule has 218 valence electrons. The summed E-state index contributed by atoms with van der Waals surface area (Å²) >= 11 is 0. The first kappa shape index (κ1) is 27.5. The number of ether oxygens (including phenoxy) is 4. The Labute approximate surface area is 243 Å². The second kappa shape index (κ2) is 11.0. The molecule has 11 nitrogen and oxygen atoms in total. The summed E-state index contributed by atoms with van der Waals surface area (Å²) in [5.74, 6) is 1.64. The van der Waals surface area contributed by atoms with E-state index >= 15 is 0 Å². The summed E-state index contributed by atoms with van der Waals surface area (Å²) in [5.41, 5.74) is 3.83. The van der Waals surface area contributed by atoms with Gasteiger partial charge in [-0.1, -0.05) is 6.07 Å².